The van der Waals surface area contributed by atoms with Gasteiger partial charge in [0.2, 0.25) is 0 Å². The first kappa shape index (κ1) is 24.6. The summed E-state index contributed by atoms with van der Waals surface area (Å²) in [5.74, 6) is -0.882. The maximum atomic E-state index is 12.0. The van der Waals surface area contributed by atoms with Crippen LogP contribution in [0.4, 0.5) is 0 Å². The lowest BCUT2D eigenvalue weighted by molar-refractivity contribution is -0.135. The van der Waals surface area contributed by atoms with Gasteiger partial charge < -0.3 is 9.92 Å². The van der Waals surface area contributed by atoms with Crippen molar-refractivity contribution in [1.82, 2.24) is 0 Å². The number of benzene rings is 1. The summed E-state index contributed by atoms with van der Waals surface area (Å²) >= 11 is 0. The van der Waals surface area contributed by atoms with E-state index in [0.29, 0.717) is 6.42 Å². The second-order valence-electron chi connectivity index (χ2n) is 7.45. The van der Waals surface area contributed by atoms with E-state index in [1.807, 2.05) is 0 Å². The predicted octanol–water partition coefficient (Wildman–Crippen LogP) is 5.34. The van der Waals surface area contributed by atoms with Gasteiger partial charge in [-0.2, -0.15) is 8.42 Å². The Bertz CT molecular complexity index is 631. The Morgan fingerprint density at radius 2 is 1.32 bits per heavy atom. The highest BCUT2D eigenvalue weighted by Gasteiger charge is 2.24. The second kappa shape index (κ2) is 14.6. The minimum Gasteiger partial charge on any atom is -0.341 e. The molecule has 1 rings (SSSR count). The summed E-state index contributed by atoms with van der Waals surface area (Å²) < 4.78 is 28.7. The number of carbonyl (C=O) groups excluding carboxylic acids is 1. The van der Waals surface area contributed by atoms with E-state index in [2.05, 4.69) is 11.1 Å². The van der Waals surface area contributed by atoms with Crippen molar-refractivity contribution in [3.05, 3.63) is 30.3 Å². The van der Waals surface area contributed by atoms with Crippen LogP contribution in [-0.2, 0) is 19.1 Å². The molecule has 0 saturated heterocycles. The first-order valence-electron chi connectivity index (χ1n) is 10.8. The van der Waals surface area contributed by atoms with Gasteiger partial charge in [0.15, 0.2) is 0 Å². The summed E-state index contributed by atoms with van der Waals surface area (Å²) in [6.07, 6.45) is 15.2. The van der Waals surface area contributed by atoms with E-state index in [0.717, 1.165) is 19.3 Å². The van der Waals surface area contributed by atoms with Crippen molar-refractivity contribution in [1.29, 1.82) is 0 Å². The average molecular weight is 412 g/mol. The third kappa shape index (κ3) is 10.8. The molecule has 0 radical (unpaired) electrons. The largest absolute Gasteiger partial charge is 0.341 e. The topological polar surface area (TPSA) is 86.5 Å². The van der Waals surface area contributed by atoms with E-state index >= 15 is 0 Å². The van der Waals surface area contributed by atoms with Crippen LogP contribution in [0.25, 0.3) is 0 Å². The Morgan fingerprint density at radius 1 is 0.857 bits per heavy atom. The molecule has 0 aliphatic heterocycles. The summed E-state index contributed by atoms with van der Waals surface area (Å²) in [5, 5.41) is 0. The van der Waals surface area contributed by atoms with Crippen molar-refractivity contribution in [3.8, 4) is 0 Å². The van der Waals surface area contributed by atoms with E-state index < -0.39 is 22.1 Å². The Balaban J connectivity index is 2.07. The van der Waals surface area contributed by atoms with Crippen LogP contribution >= 0.6 is 0 Å². The number of rotatable bonds is 16. The van der Waals surface area contributed by atoms with Crippen LogP contribution in [-0.4, -0.2) is 20.4 Å². The summed E-state index contributed by atoms with van der Waals surface area (Å²) in [6, 6.07) is 6.72. The van der Waals surface area contributed by atoms with Crippen molar-refractivity contribution in [2.45, 2.75) is 101 Å². The lowest BCUT2D eigenvalue weighted by Gasteiger charge is -2.11. The van der Waals surface area contributed by atoms with Crippen LogP contribution in [0.3, 0.4) is 0 Å². The fourth-order valence-electron chi connectivity index (χ4n) is 3.13. The second-order valence-corrected chi connectivity index (χ2v) is 9.00. The molecule has 28 heavy (non-hydrogen) atoms. The molecule has 0 spiro atoms. The summed E-state index contributed by atoms with van der Waals surface area (Å²) in [6.45, 7) is 2.24. The van der Waals surface area contributed by atoms with Crippen molar-refractivity contribution >= 4 is 16.1 Å². The van der Waals surface area contributed by atoms with Gasteiger partial charge in [-0.3, -0.25) is 0 Å². The van der Waals surface area contributed by atoms with E-state index in [4.69, 9.17) is 5.73 Å². The Labute approximate surface area is 171 Å². The van der Waals surface area contributed by atoms with Crippen LogP contribution in [0.2, 0.25) is 0 Å². The molecule has 0 bridgehead atoms. The standard InChI is InChI=1S/C22H37NO4S/c1-2-3-4-5-6-7-8-9-10-11-12-16-19-21(23)22(24)27-28(25,26)20-17-14-13-15-18-20/h13-15,17-18,21H,2-12,16,19,23H2,1H3. The highest BCUT2D eigenvalue weighted by molar-refractivity contribution is 7.87. The van der Waals surface area contributed by atoms with Crippen LogP contribution in [0.5, 0.6) is 0 Å². The number of nitrogens with two attached hydrogens (primary N) is 1. The first-order chi connectivity index (χ1) is 13.5. The van der Waals surface area contributed by atoms with Crippen molar-refractivity contribution in [3.63, 3.8) is 0 Å². The van der Waals surface area contributed by atoms with Crippen LogP contribution in [0, 0.1) is 0 Å². The molecule has 160 valence electrons. The number of carbonyl (C=O) groups is 1. The molecule has 5 nitrogen and oxygen atoms in total. The zero-order valence-electron chi connectivity index (χ0n) is 17.3. The SMILES string of the molecule is CCCCCCCCCCCCCCC(N)C(=O)OS(=O)(=O)c1ccccc1. The number of unbranched alkanes of at least 4 members (excludes halogenated alkanes) is 11. The predicted molar refractivity (Wildman–Crippen MR) is 113 cm³/mol. The van der Waals surface area contributed by atoms with E-state index in [1.165, 1.54) is 69.9 Å². The highest BCUT2D eigenvalue weighted by Crippen LogP contribution is 2.15. The fraction of sp³-hybridized carbons (Fsp3) is 0.682. The zero-order valence-corrected chi connectivity index (χ0v) is 18.1. The fourth-order valence-corrected chi connectivity index (χ4v) is 4.05. The molecular weight excluding hydrogens is 374 g/mol. The number of hydrogen-bond donors (Lipinski definition) is 1. The first-order valence-corrected chi connectivity index (χ1v) is 12.2. The van der Waals surface area contributed by atoms with Crippen LogP contribution in [0.1, 0.15) is 90.4 Å². The molecule has 0 amide bonds. The molecule has 0 heterocycles. The minimum absolute atomic E-state index is 0.0408. The minimum atomic E-state index is -4.09. The van der Waals surface area contributed by atoms with Crippen LogP contribution < -0.4 is 5.73 Å². The van der Waals surface area contributed by atoms with Crippen molar-refractivity contribution < 1.29 is 17.4 Å². The molecule has 0 aromatic heterocycles. The summed E-state index contributed by atoms with van der Waals surface area (Å²) in [7, 11) is -4.09. The van der Waals surface area contributed by atoms with Gasteiger partial charge in [-0.05, 0) is 18.6 Å². The summed E-state index contributed by atoms with van der Waals surface area (Å²) in [4.78, 5) is 11.9. The average Bonchev–Trinajstić information content (AvgIpc) is 2.69. The maximum absolute atomic E-state index is 12.0. The van der Waals surface area contributed by atoms with Gasteiger partial charge in [0, 0.05) is 0 Å². The Morgan fingerprint density at radius 3 is 1.82 bits per heavy atom. The molecule has 1 aromatic carbocycles. The summed E-state index contributed by atoms with van der Waals surface area (Å²) in [5.41, 5.74) is 5.79. The molecule has 2 N–H and O–H groups in total. The van der Waals surface area contributed by atoms with E-state index in [-0.39, 0.29) is 4.90 Å². The van der Waals surface area contributed by atoms with Gasteiger partial charge in [0.1, 0.15) is 10.9 Å². The van der Waals surface area contributed by atoms with Gasteiger partial charge in [-0.25, -0.2) is 4.79 Å². The molecule has 0 aliphatic carbocycles. The quantitative estimate of drug-likeness (QED) is 0.293. The molecule has 6 heteroatoms. The zero-order chi connectivity index (χ0) is 20.7. The van der Waals surface area contributed by atoms with Gasteiger partial charge >= 0.3 is 16.1 Å². The molecule has 0 fully saturated rings. The monoisotopic (exact) mass is 411 g/mol. The van der Waals surface area contributed by atoms with E-state index in [9.17, 15) is 13.2 Å². The maximum Gasteiger partial charge on any atom is 0.341 e. The molecule has 0 saturated carbocycles. The van der Waals surface area contributed by atoms with Gasteiger partial charge in [-0.1, -0.05) is 102 Å². The van der Waals surface area contributed by atoms with Crippen molar-refractivity contribution in [2.75, 3.05) is 0 Å². The van der Waals surface area contributed by atoms with E-state index in [1.54, 1.807) is 18.2 Å². The van der Waals surface area contributed by atoms with Gasteiger partial charge in [0.05, 0.1) is 0 Å². The van der Waals surface area contributed by atoms with Crippen LogP contribution in [0.15, 0.2) is 35.2 Å². The normalized spacial score (nSPS) is 12.6. The van der Waals surface area contributed by atoms with Gasteiger partial charge in [0.25, 0.3) is 0 Å². The van der Waals surface area contributed by atoms with Crippen molar-refractivity contribution in [2.24, 2.45) is 5.73 Å². The molecule has 0 aliphatic rings. The lowest BCUT2D eigenvalue weighted by Crippen LogP contribution is -2.33. The molecule has 1 unspecified atom stereocenters. The molecular formula is C22H37NO4S. The Hall–Kier alpha value is -1.40. The number of hydrogen-bond acceptors (Lipinski definition) is 5. The van der Waals surface area contributed by atoms with Gasteiger partial charge in [-0.15, -0.1) is 0 Å². The third-order valence-corrected chi connectivity index (χ3v) is 6.13. The Kier molecular flexibility index (Phi) is 12.8. The third-order valence-electron chi connectivity index (χ3n) is 4.90. The molecule has 1 atom stereocenters. The lowest BCUT2D eigenvalue weighted by atomic mass is 10.0. The molecule has 1 aromatic rings. The highest BCUT2D eigenvalue weighted by atomic mass is 32.2. The smallest absolute Gasteiger partial charge is 0.341 e.